The highest BCUT2D eigenvalue weighted by atomic mass is 32.2. The number of hydrogen-bond acceptors (Lipinski definition) is 2. The zero-order chi connectivity index (χ0) is 15.4. The molecule has 0 aliphatic rings. The second kappa shape index (κ2) is 6.51. The van der Waals surface area contributed by atoms with Crippen molar-refractivity contribution in [3.63, 3.8) is 0 Å². The van der Waals surface area contributed by atoms with E-state index in [0.717, 1.165) is 12.0 Å². The van der Waals surface area contributed by atoms with Crippen molar-refractivity contribution in [3.8, 4) is 6.07 Å². The first-order valence-corrected chi connectivity index (χ1v) is 7.98. The Bertz CT molecular complexity index is 507. The molecule has 0 saturated heterocycles. The van der Waals surface area contributed by atoms with Gasteiger partial charge in [0, 0.05) is 6.54 Å². The Kier molecular flexibility index (Phi) is 5.50. The van der Waals surface area contributed by atoms with E-state index in [9.17, 15) is 4.21 Å². The van der Waals surface area contributed by atoms with Crippen molar-refractivity contribution in [1.82, 2.24) is 4.72 Å². The summed E-state index contributed by atoms with van der Waals surface area (Å²) in [7, 11) is -1.02. The molecular weight excluding hydrogens is 268 g/mol. The highest BCUT2D eigenvalue weighted by molar-refractivity contribution is 7.84. The third-order valence-electron chi connectivity index (χ3n) is 3.16. The molecule has 0 aliphatic heterocycles. The molecule has 1 N–H and O–H groups in total. The maximum atomic E-state index is 11.8. The largest absolute Gasteiger partial charge is 0.242 e. The molecule has 0 spiro atoms. The molecule has 0 amide bonds. The van der Waals surface area contributed by atoms with Gasteiger partial charge in [0.25, 0.3) is 0 Å². The SMILES string of the molecule is CC(C)(C#N)c1ccc(CCNS(=O)C(C)(C)C)cc1. The maximum Gasteiger partial charge on any atom is 0.0970 e. The van der Waals surface area contributed by atoms with E-state index in [0.29, 0.717) is 6.54 Å². The number of nitriles is 1. The smallest absolute Gasteiger partial charge is 0.0970 e. The van der Waals surface area contributed by atoms with Gasteiger partial charge in [0.05, 0.1) is 27.2 Å². The van der Waals surface area contributed by atoms with Gasteiger partial charge in [-0.25, -0.2) is 8.93 Å². The third kappa shape index (κ3) is 4.73. The molecule has 20 heavy (non-hydrogen) atoms. The minimum Gasteiger partial charge on any atom is -0.242 e. The van der Waals surface area contributed by atoms with E-state index < -0.39 is 16.4 Å². The van der Waals surface area contributed by atoms with E-state index >= 15 is 0 Å². The first-order chi connectivity index (χ1) is 9.16. The molecule has 1 aromatic rings. The highest BCUT2D eigenvalue weighted by Gasteiger charge is 2.20. The molecule has 1 atom stereocenters. The number of nitrogens with one attached hydrogen (secondary N) is 1. The van der Waals surface area contributed by atoms with E-state index in [2.05, 4.69) is 10.8 Å². The minimum atomic E-state index is -1.02. The summed E-state index contributed by atoms with van der Waals surface area (Å²) in [4.78, 5) is 0. The Balaban J connectivity index is 2.56. The summed E-state index contributed by atoms with van der Waals surface area (Å²) in [6.45, 7) is 10.4. The van der Waals surface area contributed by atoms with E-state index in [1.165, 1.54) is 5.56 Å². The standard InChI is InChI=1S/C16H24N2OS/c1-15(2,3)20(19)18-11-10-13-6-8-14(9-7-13)16(4,5)12-17/h6-9,18H,10-11H2,1-5H3. The Labute approximate surface area is 125 Å². The summed E-state index contributed by atoms with van der Waals surface area (Å²) < 4.78 is 14.7. The van der Waals surface area contributed by atoms with Crippen LogP contribution in [-0.4, -0.2) is 15.5 Å². The molecule has 0 saturated carbocycles. The summed E-state index contributed by atoms with van der Waals surface area (Å²) in [6.07, 6.45) is 0.828. The van der Waals surface area contributed by atoms with E-state index in [4.69, 9.17) is 5.26 Å². The lowest BCUT2D eigenvalue weighted by Gasteiger charge is -2.18. The summed E-state index contributed by atoms with van der Waals surface area (Å²) in [5.41, 5.74) is 1.75. The van der Waals surface area contributed by atoms with Crippen LogP contribution in [0.3, 0.4) is 0 Å². The van der Waals surface area contributed by atoms with Crippen LogP contribution in [-0.2, 0) is 22.8 Å². The lowest BCUT2D eigenvalue weighted by molar-refractivity contribution is 0.635. The van der Waals surface area contributed by atoms with Crippen LogP contribution in [0.2, 0.25) is 0 Å². The fourth-order valence-corrected chi connectivity index (χ4v) is 2.38. The molecule has 1 rings (SSSR count). The lowest BCUT2D eigenvalue weighted by atomic mass is 9.86. The van der Waals surface area contributed by atoms with Crippen molar-refractivity contribution >= 4 is 11.0 Å². The van der Waals surface area contributed by atoms with Crippen LogP contribution in [0.1, 0.15) is 45.7 Å². The van der Waals surface area contributed by atoms with E-state index in [1.807, 2.05) is 58.9 Å². The van der Waals surface area contributed by atoms with Gasteiger partial charge in [-0.15, -0.1) is 0 Å². The monoisotopic (exact) mass is 292 g/mol. The molecule has 0 bridgehead atoms. The molecule has 0 aromatic heterocycles. The van der Waals surface area contributed by atoms with Crippen LogP contribution in [0.4, 0.5) is 0 Å². The summed E-state index contributed by atoms with van der Waals surface area (Å²) in [5.74, 6) is 0. The average Bonchev–Trinajstić information content (AvgIpc) is 2.38. The molecule has 0 heterocycles. The molecule has 0 fully saturated rings. The Morgan fingerprint density at radius 1 is 1.15 bits per heavy atom. The van der Waals surface area contributed by atoms with Crippen molar-refractivity contribution in [3.05, 3.63) is 35.4 Å². The van der Waals surface area contributed by atoms with Gasteiger partial charge >= 0.3 is 0 Å². The first kappa shape index (κ1) is 16.9. The third-order valence-corrected chi connectivity index (χ3v) is 4.74. The van der Waals surface area contributed by atoms with Crippen molar-refractivity contribution in [2.24, 2.45) is 0 Å². The van der Waals surface area contributed by atoms with Gasteiger partial charge in [0.15, 0.2) is 0 Å². The molecule has 110 valence electrons. The normalized spacial score (nSPS) is 13.8. The molecular formula is C16H24N2OS. The summed E-state index contributed by atoms with van der Waals surface area (Å²) in [6, 6.07) is 10.4. The number of rotatable bonds is 5. The van der Waals surface area contributed by atoms with Gasteiger partial charge in [0.1, 0.15) is 0 Å². The molecule has 1 unspecified atom stereocenters. The van der Waals surface area contributed by atoms with Crippen molar-refractivity contribution in [2.45, 2.75) is 51.2 Å². The molecule has 3 nitrogen and oxygen atoms in total. The first-order valence-electron chi connectivity index (χ1n) is 6.83. The van der Waals surface area contributed by atoms with E-state index in [-0.39, 0.29) is 4.75 Å². The number of hydrogen-bond donors (Lipinski definition) is 1. The van der Waals surface area contributed by atoms with Crippen LogP contribution in [0.15, 0.2) is 24.3 Å². The van der Waals surface area contributed by atoms with Gasteiger partial charge in [-0.3, -0.25) is 0 Å². The molecule has 0 radical (unpaired) electrons. The molecule has 4 heteroatoms. The van der Waals surface area contributed by atoms with Crippen LogP contribution in [0.25, 0.3) is 0 Å². The van der Waals surface area contributed by atoms with Crippen LogP contribution < -0.4 is 4.72 Å². The maximum absolute atomic E-state index is 11.8. The highest BCUT2D eigenvalue weighted by Crippen LogP contribution is 2.22. The molecule has 0 aliphatic carbocycles. The van der Waals surface area contributed by atoms with Gasteiger partial charge in [-0.1, -0.05) is 24.3 Å². The van der Waals surface area contributed by atoms with Crippen molar-refractivity contribution in [1.29, 1.82) is 5.26 Å². The average molecular weight is 292 g/mol. The van der Waals surface area contributed by atoms with Crippen LogP contribution in [0, 0.1) is 11.3 Å². The van der Waals surface area contributed by atoms with Gasteiger partial charge in [-0.05, 0) is 52.2 Å². The number of benzene rings is 1. The van der Waals surface area contributed by atoms with Crippen LogP contribution in [0.5, 0.6) is 0 Å². The lowest BCUT2D eigenvalue weighted by Crippen LogP contribution is -2.34. The summed E-state index contributed by atoms with van der Waals surface area (Å²) >= 11 is 0. The van der Waals surface area contributed by atoms with Gasteiger partial charge in [0.2, 0.25) is 0 Å². The zero-order valence-corrected chi connectivity index (χ0v) is 13.8. The van der Waals surface area contributed by atoms with Crippen molar-refractivity contribution < 1.29 is 4.21 Å². The second-order valence-electron chi connectivity index (χ2n) is 6.46. The molecule has 1 aromatic carbocycles. The van der Waals surface area contributed by atoms with Gasteiger partial charge < -0.3 is 0 Å². The Hall–Kier alpha value is -1.18. The Morgan fingerprint density at radius 3 is 2.15 bits per heavy atom. The predicted octanol–water partition coefficient (Wildman–Crippen LogP) is 3.08. The Morgan fingerprint density at radius 2 is 1.70 bits per heavy atom. The minimum absolute atomic E-state index is 0.235. The van der Waals surface area contributed by atoms with Crippen molar-refractivity contribution in [2.75, 3.05) is 6.54 Å². The fraction of sp³-hybridized carbons (Fsp3) is 0.562. The number of nitrogens with zero attached hydrogens (tertiary/aromatic N) is 1. The predicted molar refractivity (Wildman–Crippen MR) is 84.7 cm³/mol. The van der Waals surface area contributed by atoms with Crippen LogP contribution >= 0.6 is 0 Å². The summed E-state index contributed by atoms with van der Waals surface area (Å²) in [5, 5.41) is 9.10. The quantitative estimate of drug-likeness (QED) is 0.906. The zero-order valence-electron chi connectivity index (χ0n) is 13.0. The second-order valence-corrected chi connectivity index (χ2v) is 8.51. The van der Waals surface area contributed by atoms with E-state index in [1.54, 1.807) is 0 Å². The fourth-order valence-electron chi connectivity index (χ4n) is 1.66. The topological polar surface area (TPSA) is 52.9 Å². The van der Waals surface area contributed by atoms with Gasteiger partial charge in [-0.2, -0.15) is 5.26 Å².